The molecule has 3 nitrogen and oxygen atoms in total. The second-order valence-electron chi connectivity index (χ2n) is 4.77. The number of carbonyl (C=O) groups is 1. The fourth-order valence-electron chi connectivity index (χ4n) is 1.80. The summed E-state index contributed by atoms with van der Waals surface area (Å²) in [6, 6.07) is 10.4. The molecule has 1 aliphatic rings. The quantitative estimate of drug-likeness (QED) is 0.793. The van der Waals surface area contributed by atoms with Gasteiger partial charge in [-0.3, -0.25) is 4.79 Å². The third kappa shape index (κ3) is 4.03. The van der Waals surface area contributed by atoms with Crippen molar-refractivity contribution in [2.45, 2.75) is 35.3 Å². The van der Waals surface area contributed by atoms with Crippen molar-refractivity contribution in [2.75, 3.05) is 13.1 Å². The lowest BCUT2D eigenvalue weighted by Gasteiger charge is -2.15. The molecule has 1 aliphatic carbocycles. The summed E-state index contributed by atoms with van der Waals surface area (Å²) in [5.41, 5.74) is 5.39. The molecule has 2 rings (SSSR count). The van der Waals surface area contributed by atoms with Crippen molar-refractivity contribution in [3.05, 3.63) is 30.3 Å². The van der Waals surface area contributed by atoms with Gasteiger partial charge in [0.1, 0.15) is 0 Å². The molecule has 1 fully saturated rings. The number of hydrogen-bond acceptors (Lipinski definition) is 3. The van der Waals surface area contributed by atoms with Crippen molar-refractivity contribution >= 4 is 17.7 Å². The number of rotatable bonds is 7. The number of amides is 1. The van der Waals surface area contributed by atoms with Crippen molar-refractivity contribution in [3.63, 3.8) is 0 Å². The van der Waals surface area contributed by atoms with E-state index in [2.05, 4.69) is 29.6 Å². The predicted octanol–water partition coefficient (Wildman–Crippen LogP) is 2.17. The van der Waals surface area contributed by atoms with Gasteiger partial charge < -0.3 is 11.1 Å². The fourth-order valence-corrected chi connectivity index (χ4v) is 3.05. The molecule has 0 aromatic heterocycles. The number of nitrogens with one attached hydrogen (secondary N) is 1. The topological polar surface area (TPSA) is 55.1 Å². The zero-order valence-electron chi connectivity index (χ0n) is 10.5. The number of hydrogen-bond donors (Lipinski definition) is 2. The van der Waals surface area contributed by atoms with E-state index in [4.69, 9.17) is 5.73 Å². The van der Waals surface area contributed by atoms with Crippen LogP contribution in [0.2, 0.25) is 0 Å². The lowest BCUT2D eigenvalue weighted by molar-refractivity contribution is -0.121. The molecular weight excluding hydrogens is 244 g/mol. The van der Waals surface area contributed by atoms with Gasteiger partial charge in [-0.1, -0.05) is 18.2 Å². The molecule has 1 amide bonds. The lowest BCUT2D eigenvalue weighted by Crippen LogP contribution is -2.31. The smallest absolute Gasteiger partial charge is 0.220 e. The van der Waals surface area contributed by atoms with Gasteiger partial charge in [0.15, 0.2) is 0 Å². The van der Waals surface area contributed by atoms with Crippen LogP contribution in [0.5, 0.6) is 0 Å². The Bertz CT molecular complexity index is 390. The molecule has 0 heterocycles. The van der Waals surface area contributed by atoms with Crippen LogP contribution in [0.1, 0.15) is 25.7 Å². The summed E-state index contributed by atoms with van der Waals surface area (Å²) in [6.45, 7) is 1.35. The zero-order valence-corrected chi connectivity index (χ0v) is 11.3. The van der Waals surface area contributed by atoms with Crippen molar-refractivity contribution < 1.29 is 4.79 Å². The molecule has 1 aromatic carbocycles. The summed E-state index contributed by atoms with van der Waals surface area (Å²) in [4.78, 5) is 12.8. The number of benzene rings is 1. The largest absolute Gasteiger partial charge is 0.355 e. The highest BCUT2D eigenvalue weighted by molar-refractivity contribution is 8.01. The molecule has 0 saturated heterocycles. The molecule has 1 saturated carbocycles. The highest BCUT2D eigenvalue weighted by Crippen LogP contribution is 2.51. The van der Waals surface area contributed by atoms with E-state index in [-0.39, 0.29) is 10.7 Å². The zero-order chi connectivity index (χ0) is 12.8. The van der Waals surface area contributed by atoms with Crippen molar-refractivity contribution in [1.29, 1.82) is 0 Å². The first-order valence-corrected chi connectivity index (χ1v) is 7.27. The Balaban J connectivity index is 1.77. The highest BCUT2D eigenvalue weighted by atomic mass is 32.2. The van der Waals surface area contributed by atoms with Crippen LogP contribution in [-0.4, -0.2) is 23.7 Å². The minimum Gasteiger partial charge on any atom is -0.355 e. The second-order valence-corrected chi connectivity index (χ2v) is 6.31. The molecular formula is C14H20N2OS. The number of carbonyl (C=O) groups excluding carboxylic acids is 1. The Morgan fingerprint density at radius 2 is 2.06 bits per heavy atom. The third-order valence-corrected chi connectivity index (χ3v) is 4.59. The van der Waals surface area contributed by atoms with Crippen LogP contribution in [0.25, 0.3) is 0 Å². The van der Waals surface area contributed by atoms with Gasteiger partial charge in [0, 0.05) is 22.6 Å². The molecule has 1 aromatic rings. The fraction of sp³-hybridized carbons (Fsp3) is 0.500. The molecule has 0 aliphatic heterocycles. The second kappa shape index (κ2) is 6.25. The lowest BCUT2D eigenvalue weighted by atomic mass is 10.3. The van der Waals surface area contributed by atoms with Gasteiger partial charge >= 0.3 is 0 Å². The maximum absolute atomic E-state index is 11.6. The Kier molecular flexibility index (Phi) is 4.66. The van der Waals surface area contributed by atoms with E-state index in [9.17, 15) is 4.79 Å². The summed E-state index contributed by atoms with van der Waals surface area (Å²) >= 11 is 1.88. The molecule has 0 unspecified atom stereocenters. The predicted molar refractivity (Wildman–Crippen MR) is 75.6 cm³/mol. The van der Waals surface area contributed by atoms with Crippen molar-refractivity contribution in [3.8, 4) is 0 Å². The standard InChI is InChI=1S/C14H20N2OS/c15-10-4-7-13(17)16-11-14(8-9-14)18-12-5-2-1-3-6-12/h1-3,5-6H,4,7-11,15H2,(H,16,17). The van der Waals surface area contributed by atoms with E-state index < -0.39 is 0 Å². The summed E-state index contributed by atoms with van der Waals surface area (Å²) in [6.07, 6.45) is 3.68. The average molecular weight is 264 g/mol. The van der Waals surface area contributed by atoms with Gasteiger partial charge in [-0.25, -0.2) is 0 Å². The van der Waals surface area contributed by atoms with Gasteiger partial charge in [-0.05, 0) is 37.9 Å². The molecule has 0 spiro atoms. The minimum atomic E-state index is 0.125. The Morgan fingerprint density at radius 3 is 2.67 bits per heavy atom. The summed E-state index contributed by atoms with van der Waals surface area (Å²) < 4.78 is 0.236. The van der Waals surface area contributed by atoms with Gasteiger partial charge in [0.05, 0.1) is 0 Å². The summed E-state index contributed by atoms with van der Waals surface area (Å²) in [5, 5.41) is 3.03. The summed E-state index contributed by atoms with van der Waals surface area (Å²) in [7, 11) is 0. The number of thioether (sulfide) groups is 1. The van der Waals surface area contributed by atoms with E-state index in [0.29, 0.717) is 13.0 Å². The van der Waals surface area contributed by atoms with Crippen LogP contribution in [0, 0.1) is 0 Å². The minimum absolute atomic E-state index is 0.125. The van der Waals surface area contributed by atoms with E-state index >= 15 is 0 Å². The first-order valence-electron chi connectivity index (χ1n) is 6.45. The van der Waals surface area contributed by atoms with E-state index in [1.165, 1.54) is 17.7 Å². The Labute approximate surface area is 113 Å². The van der Waals surface area contributed by atoms with Crippen LogP contribution in [0.4, 0.5) is 0 Å². The van der Waals surface area contributed by atoms with Crippen molar-refractivity contribution in [1.82, 2.24) is 5.32 Å². The van der Waals surface area contributed by atoms with E-state index in [0.717, 1.165) is 13.0 Å². The molecule has 18 heavy (non-hydrogen) atoms. The third-order valence-electron chi connectivity index (χ3n) is 3.10. The summed E-state index contributed by atoms with van der Waals surface area (Å²) in [5.74, 6) is 0.125. The van der Waals surface area contributed by atoms with Crippen LogP contribution in [-0.2, 0) is 4.79 Å². The first-order chi connectivity index (χ1) is 8.74. The molecule has 98 valence electrons. The highest BCUT2D eigenvalue weighted by Gasteiger charge is 2.43. The Morgan fingerprint density at radius 1 is 1.33 bits per heavy atom. The van der Waals surface area contributed by atoms with Crippen LogP contribution < -0.4 is 11.1 Å². The molecule has 4 heteroatoms. The molecule has 3 N–H and O–H groups in total. The van der Waals surface area contributed by atoms with Crippen LogP contribution in [0.3, 0.4) is 0 Å². The molecule has 0 bridgehead atoms. The van der Waals surface area contributed by atoms with Crippen LogP contribution in [0.15, 0.2) is 35.2 Å². The van der Waals surface area contributed by atoms with Gasteiger partial charge in [0.25, 0.3) is 0 Å². The van der Waals surface area contributed by atoms with Crippen molar-refractivity contribution in [2.24, 2.45) is 5.73 Å². The van der Waals surface area contributed by atoms with E-state index in [1.807, 2.05) is 17.8 Å². The molecule has 0 radical (unpaired) electrons. The normalized spacial score (nSPS) is 16.3. The van der Waals surface area contributed by atoms with Gasteiger partial charge in [0.2, 0.25) is 5.91 Å². The van der Waals surface area contributed by atoms with E-state index in [1.54, 1.807) is 0 Å². The monoisotopic (exact) mass is 264 g/mol. The average Bonchev–Trinajstić information content (AvgIpc) is 3.15. The maximum atomic E-state index is 11.6. The van der Waals surface area contributed by atoms with Crippen LogP contribution >= 0.6 is 11.8 Å². The van der Waals surface area contributed by atoms with Gasteiger partial charge in [-0.2, -0.15) is 0 Å². The first kappa shape index (κ1) is 13.4. The molecule has 0 atom stereocenters. The number of nitrogens with two attached hydrogens (primary N) is 1. The Hall–Kier alpha value is -1.00. The maximum Gasteiger partial charge on any atom is 0.220 e. The SMILES string of the molecule is NCCCC(=O)NCC1(Sc2ccccc2)CC1. The van der Waals surface area contributed by atoms with Gasteiger partial charge in [-0.15, -0.1) is 11.8 Å².